The van der Waals surface area contributed by atoms with Crippen molar-refractivity contribution < 1.29 is 18.7 Å². The predicted octanol–water partition coefficient (Wildman–Crippen LogP) is 2.93. The van der Waals surface area contributed by atoms with Crippen LogP contribution in [0.3, 0.4) is 0 Å². The largest absolute Gasteiger partial charge is 0.414 e. The van der Waals surface area contributed by atoms with Crippen LogP contribution in [0.25, 0.3) is 0 Å². The number of ether oxygens (including phenoxy) is 1. The minimum Gasteiger partial charge on any atom is -0.391 e. The first-order chi connectivity index (χ1) is 14.8. The summed E-state index contributed by atoms with van der Waals surface area (Å²) in [5.41, 5.74) is -0.638. The molecule has 0 aromatic carbocycles. The number of amides is 2. The van der Waals surface area contributed by atoms with Gasteiger partial charge in [-0.05, 0) is 69.4 Å². The van der Waals surface area contributed by atoms with Crippen molar-refractivity contribution in [2.45, 2.75) is 56.5 Å². The average Bonchev–Trinajstić information content (AvgIpc) is 2.66. The van der Waals surface area contributed by atoms with E-state index in [-0.39, 0.29) is 17.5 Å². The summed E-state index contributed by atoms with van der Waals surface area (Å²) in [5.74, 6) is 0.785. The van der Waals surface area contributed by atoms with Crippen LogP contribution in [0.15, 0.2) is 30.6 Å². The highest BCUT2D eigenvalue weighted by molar-refractivity contribution is 5.92. The lowest BCUT2D eigenvalue weighted by Gasteiger charge is -2.61. The highest BCUT2D eigenvalue weighted by Gasteiger charge is 2.59. The summed E-state index contributed by atoms with van der Waals surface area (Å²) in [5, 5.41) is 6.28. The molecule has 2 unspecified atom stereocenters. The molecule has 4 saturated carbocycles. The van der Waals surface area contributed by atoms with Crippen molar-refractivity contribution >= 4 is 12.0 Å². The van der Waals surface area contributed by atoms with E-state index in [1.165, 1.54) is 12.1 Å². The van der Waals surface area contributed by atoms with E-state index in [2.05, 4.69) is 25.6 Å². The van der Waals surface area contributed by atoms with E-state index < -0.39 is 23.0 Å². The number of aromatic nitrogens is 3. The molecule has 2 heterocycles. The normalized spacial score (nSPS) is 30.6. The summed E-state index contributed by atoms with van der Waals surface area (Å²) >= 11 is 0. The molecule has 8 nitrogen and oxygen atoms in total. The van der Waals surface area contributed by atoms with Crippen LogP contribution in [-0.2, 0) is 0 Å². The van der Waals surface area contributed by atoms with E-state index in [1.54, 1.807) is 19.2 Å². The third-order valence-corrected chi connectivity index (χ3v) is 6.71. The quantitative estimate of drug-likeness (QED) is 0.780. The number of hydrogen-bond acceptors (Lipinski definition) is 6. The molecule has 9 heteroatoms. The number of nitrogens with one attached hydrogen (secondary N) is 2. The number of halogens is 1. The van der Waals surface area contributed by atoms with Crippen molar-refractivity contribution in [3.05, 3.63) is 47.9 Å². The van der Waals surface area contributed by atoms with Crippen LogP contribution in [0.4, 0.5) is 9.18 Å². The topological polar surface area (TPSA) is 106 Å². The zero-order chi connectivity index (χ0) is 21.6. The zero-order valence-corrected chi connectivity index (χ0v) is 17.2. The molecule has 4 fully saturated rings. The Balaban J connectivity index is 1.32. The van der Waals surface area contributed by atoms with Crippen molar-refractivity contribution in [3.63, 3.8) is 0 Å². The number of carbonyl (C=O) groups is 2. The monoisotopic (exact) mass is 425 g/mol. The zero-order valence-electron chi connectivity index (χ0n) is 17.2. The fourth-order valence-corrected chi connectivity index (χ4v) is 6.20. The molecule has 0 saturated heterocycles. The van der Waals surface area contributed by atoms with Gasteiger partial charge in [-0.25, -0.2) is 19.2 Å². The van der Waals surface area contributed by atoms with E-state index in [0.29, 0.717) is 24.1 Å². The van der Waals surface area contributed by atoms with Gasteiger partial charge >= 0.3 is 6.09 Å². The van der Waals surface area contributed by atoms with Gasteiger partial charge in [-0.15, -0.1) is 0 Å². The highest BCUT2D eigenvalue weighted by atomic mass is 19.1. The maximum atomic E-state index is 13.2. The number of aryl methyl sites for hydroxylation is 1. The molecular weight excluding hydrogens is 401 g/mol. The molecule has 0 aliphatic heterocycles. The first kappa shape index (κ1) is 19.8. The Morgan fingerprint density at radius 3 is 2.42 bits per heavy atom. The Morgan fingerprint density at radius 1 is 1.06 bits per heavy atom. The van der Waals surface area contributed by atoms with E-state index >= 15 is 0 Å². The lowest BCUT2D eigenvalue weighted by Crippen LogP contribution is -2.70. The van der Waals surface area contributed by atoms with Gasteiger partial charge in [0.2, 0.25) is 5.88 Å². The smallest absolute Gasteiger partial charge is 0.391 e. The van der Waals surface area contributed by atoms with Crippen LogP contribution in [0.2, 0.25) is 0 Å². The Bertz CT molecular complexity index is 1010. The second-order valence-electron chi connectivity index (χ2n) is 9.29. The molecule has 0 radical (unpaired) electrons. The molecule has 2 amide bonds. The minimum atomic E-state index is -0.540. The van der Waals surface area contributed by atoms with Gasteiger partial charge in [-0.1, -0.05) is 0 Å². The number of pyridine rings is 1. The fourth-order valence-electron chi connectivity index (χ4n) is 6.20. The third-order valence-electron chi connectivity index (χ3n) is 6.71. The molecule has 6 rings (SSSR count). The number of hydrogen-bond donors (Lipinski definition) is 2. The van der Waals surface area contributed by atoms with Crippen LogP contribution in [0.1, 0.15) is 54.8 Å². The van der Waals surface area contributed by atoms with Crippen LogP contribution < -0.4 is 15.4 Å². The second-order valence-corrected chi connectivity index (χ2v) is 9.29. The SMILES string of the molecule is Cc1nccc(OC(=O)NC23CC4CC(C2)CC(NC(=O)c2ccc(F)cn2)(C4)C3)n1. The molecule has 4 bridgehead atoms. The maximum Gasteiger partial charge on any atom is 0.414 e. The van der Waals surface area contributed by atoms with Gasteiger partial charge < -0.3 is 15.4 Å². The van der Waals surface area contributed by atoms with Gasteiger partial charge in [0.15, 0.2) is 0 Å². The molecule has 162 valence electrons. The van der Waals surface area contributed by atoms with E-state index in [4.69, 9.17) is 4.74 Å². The standard InChI is InChI=1S/C22H24FN5O3/c1-13-24-5-4-18(26-13)31-20(30)28-22-9-14-6-15(10-22)8-21(7-14,12-22)27-19(29)17-3-2-16(23)11-25-17/h2-5,11,14-15H,6-10,12H2,1H3,(H,27,29)(H,28,30). The first-order valence-electron chi connectivity index (χ1n) is 10.6. The van der Waals surface area contributed by atoms with Crippen LogP contribution >= 0.6 is 0 Å². The average molecular weight is 425 g/mol. The Labute approximate surface area is 179 Å². The van der Waals surface area contributed by atoms with Gasteiger partial charge in [0.25, 0.3) is 5.91 Å². The van der Waals surface area contributed by atoms with Crippen molar-refractivity contribution in [3.8, 4) is 5.88 Å². The summed E-state index contributed by atoms with van der Waals surface area (Å²) in [6, 6.07) is 4.17. The molecular formula is C22H24FN5O3. The van der Waals surface area contributed by atoms with E-state index in [0.717, 1.165) is 38.3 Å². The summed E-state index contributed by atoms with van der Waals surface area (Å²) in [4.78, 5) is 37.5. The van der Waals surface area contributed by atoms with E-state index in [1.807, 2.05) is 0 Å². The van der Waals surface area contributed by atoms with Gasteiger partial charge in [-0.3, -0.25) is 4.79 Å². The van der Waals surface area contributed by atoms with Gasteiger partial charge in [0.1, 0.15) is 17.3 Å². The van der Waals surface area contributed by atoms with Crippen LogP contribution in [0, 0.1) is 24.6 Å². The van der Waals surface area contributed by atoms with Crippen molar-refractivity contribution in [2.24, 2.45) is 11.8 Å². The lowest BCUT2D eigenvalue weighted by molar-refractivity contribution is -0.0450. The van der Waals surface area contributed by atoms with Gasteiger partial charge in [0.05, 0.1) is 6.20 Å². The predicted molar refractivity (Wildman–Crippen MR) is 108 cm³/mol. The highest BCUT2D eigenvalue weighted by Crippen LogP contribution is 2.57. The van der Waals surface area contributed by atoms with E-state index in [9.17, 15) is 14.0 Å². The molecule has 2 aromatic heterocycles. The number of carbonyl (C=O) groups excluding carboxylic acids is 2. The molecule has 2 N–H and O–H groups in total. The van der Waals surface area contributed by atoms with Gasteiger partial charge in [0, 0.05) is 23.3 Å². The Hall–Kier alpha value is -3.10. The summed E-state index contributed by atoms with van der Waals surface area (Å²) in [6.07, 6.45) is 7.28. The maximum absolute atomic E-state index is 13.2. The summed E-state index contributed by atoms with van der Waals surface area (Å²) < 4.78 is 18.6. The second kappa shape index (κ2) is 7.25. The number of rotatable bonds is 4. The van der Waals surface area contributed by atoms with Crippen molar-refractivity contribution in [1.29, 1.82) is 0 Å². The molecule has 4 aliphatic rings. The molecule has 4 aliphatic carbocycles. The van der Waals surface area contributed by atoms with Gasteiger partial charge in [-0.2, -0.15) is 4.98 Å². The molecule has 2 aromatic rings. The first-order valence-corrected chi connectivity index (χ1v) is 10.6. The van der Waals surface area contributed by atoms with Crippen molar-refractivity contribution in [1.82, 2.24) is 25.6 Å². The van der Waals surface area contributed by atoms with Crippen LogP contribution in [0.5, 0.6) is 5.88 Å². The third kappa shape index (κ3) is 3.96. The van der Waals surface area contributed by atoms with Crippen LogP contribution in [-0.4, -0.2) is 38.0 Å². The molecule has 31 heavy (non-hydrogen) atoms. The van der Waals surface area contributed by atoms with Crippen molar-refractivity contribution in [2.75, 3.05) is 0 Å². The Morgan fingerprint density at radius 2 is 1.77 bits per heavy atom. The Kier molecular flexibility index (Phi) is 4.64. The number of nitrogens with zero attached hydrogens (tertiary/aromatic N) is 3. The fraction of sp³-hybridized carbons (Fsp3) is 0.500. The molecule has 2 atom stereocenters. The summed E-state index contributed by atoms with van der Waals surface area (Å²) in [7, 11) is 0. The molecule has 0 spiro atoms. The lowest BCUT2D eigenvalue weighted by atomic mass is 9.50. The minimum absolute atomic E-state index is 0.192. The summed E-state index contributed by atoms with van der Waals surface area (Å²) in [6.45, 7) is 1.73.